The van der Waals surface area contributed by atoms with Crippen molar-refractivity contribution < 1.29 is 23.8 Å². The van der Waals surface area contributed by atoms with Crippen LogP contribution in [-0.2, 0) is 6.54 Å². The van der Waals surface area contributed by atoms with E-state index in [1.165, 1.54) is 24.1 Å². The third kappa shape index (κ3) is 4.82. The molecule has 0 unspecified atom stereocenters. The van der Waals surface area contributed by atoms with Crippen molar-refractivity contribution in [2.24, 2.45) is 0 Å². The van der Waals surface area contributed by atoms with E-state index in [1.54, 1.807) is 12.4 Å². The number of nitrogens with one attached hydrogen (secondary N) is 1. The van der Waals surface area contributed by atoms with Crippen LogP contribution in [0.15, 0.2) is 54.9 Å². The van der Waals surface area contributed by atoms with Gasteiger partial charge in [-0.15, -0.1) is 0 Å². The predicted octanol–water partition coefficient (Wildman–Crippen LogP) is 4.07. The van der Waals surface area contributed by atoms with Gasteiger partial charge in [0, 0.05) is 25.2 Å². The minimum absolute atomic E-state index is 0.108. The molecular weight excluding hydrogens is 491 g/mol. The predicted molar refractivity (Wildman–Crippen MR) is 139 cm³/mol. The number of anilines is 1. The number of carbonyl (C=O) groups excluding carboxylic acids is 1. The molecule has 0 radical (unpaired) electrons. The number of ether oxygens (including phenoxy) is 1. The number of pyridine rings is 1. The monoisotopic (exact) mass is 518 g/mol. The van der Waals surface area contributed by atoms with Crippen molar-refractivity contribution in [3.05, 3.63) is 71.8 Å². The number of carbonyl (C=O) groups is 2. The van der Waals surface area contributed by atoms with Gasteiger partial charge in [-0.25, -0.2) is 9.18 Å². The van der Waals surface area contributed by atoms with Gasteiger partial charge in [-0.2, -0.15) is 5.10 Å². The maximum absolute atomic E-state index is 13.7. The summed E-state index contributed by atoms with van der Waals surface area (Å²) in [5.74, 6) is -0.711. The third-order valence-electron chi connectivity index (χ3n) is 6.72. The van der Waals surface area contributed by atoms with Gasteiger partial charge in [-0.1, -0.05) is 18.2 Å². The fraction of sp³-hybridized carbons (Fsp3) is 0.259. The van der Waals surface area contributed by atoms with Crippen LogP contribution in [0.25, 0.3) is 22.2 Å². The summed E-state index contributed by atoms with van der Waals surface area (Å²) in [7, 11) is 1.42. The third-order valence-corrected chi connectivity index (χ3v) is 6.72. The first-order valence-electron chi connectivity index (χ1n) is 12.2. The average Bonchev–Trinajstić information content (AvgIpc) is 3.33. The number of rotatable bonds is 6. The van der Waals surface area contributed by atoms with Crippen LogP contribution in [0.1, 0.15) is 34.8 Å². The minimum atomic E-state index is -0.949. The molecule has 0 bridgehead atoms. The van der Waals surface area contributed by atoms with Gasteiger partial charge in [0.05, 0.1) is 47.7 Å². The van der Waals surface area contributed by atoms with Crippen molar-refractivity contribution in [3.63, 3.8) is 0 Å². The van der Waals surface area contributed by atoms with Crippen LogP contribution in [0.5, 0.6) is 5.75 Å². The zero-order valence-electron chi connectivity index (χ0n) is 20.7. The summed E-state index contributed by atoms with van der Waals surface area (Å²) in [6.45, 7) is 1.02. The number of nitrogens with two attached hydrogens (primary N) is 1. The van der Waals surface area contributed by atoms with Crippen molar-refractivity contribution in [2.75, 3.05) is 25.9 Å². The molecule has 0 aliphatic carbocycles. The molecule has 38 heavy (non-hydrogen) atoms. The van der Waals surface area contributed by atoms with Crippen molar-refractivity contribution >= 4 is 28.6 Å². The van der Waals surface area contributed by atoms with Gasteiger partial charge < -0.3 is 25.8 Å². The number of aromatic nitrogens is 3. The number of nitrogens with zero attached hydrogens (tertiary/aromatic N) is 4. The zero-order valence-corrected chi connectivity index (χ0v) is 20.7. The van der Waals surface area contributed by atoms with E-state index in [-0.39, 0.29) is 23.9 Å². The first-order chi connectivity index (χ1) is 18.4. The normalized spacial score (nSPS) is 15.4. The Morgan fingerprint density at radius 2 is 2.08 bits per heavy atom. The highest BCUT2D eigenvalue weighted by molar-refractivity contribution is 6.01. The number of fused-ring (bicyclic) bond motifs is 1. The van der Waals surface area contributed by atoms with Crippen LogP contribution >= 0.6 is 0 Å². The lowest BCUT2D eigenvalue weighted by molar-refractivity contribution is 0.0947. The number of halogens is 1. The van der Waals surface area contributed by atoms with Crippen molar-refractivity contribution in [3.8, 4) is 17.0 Å². The summed E-state index contributed by atoms with van der Waals surface area (Å²) < 4.78 is 20.7. The molecule has 1 atom stereocenters. The molecule has 196 valence electrons. The first kappa shape index (κ1) is 25.0. The summed E-state index contributed by atoms with van der Waals surface area (Å²) in [5, 5.41) is 17.9. The Bertz CT molecular complexity index is 1520. The number of piperidine rings is 1. The van der Waals surface area contributed by atoms with Crippen molar-refractivity contribution in [1.82, 2.24) is 25.0 Å². The summed E-state index contributed by atoms with van der Waals surface area (Å²) >= 11 is 0. The average molecular weight is 519 g/mol. The van der Waals surface area contributed by atoms with Gasteiger partial charge in [0.15, 0.2) is 0 Å². The highest BCUT2D eigenvalue weighted by atomic mass is 19.1. The van der Waals surface area contributed by atoms with Crippen molar-refractivity contribution in [2.45, 2.75) is 25.4 Å². The van der Waals surface area contributed by atoms with Gasteiger partial charge in [-0.05, 0) is 42.7 Å². The molecule has 1 aliphatic rings. The van der Waals surface area contributed by atoms with E-state index in [0.29, 0.717) is 24.5 Å². The second-order valence-corrected chi connectivity index (χ2v) is 9.17. The van der Waals surface area contributed by atoms with Gasteiger partial charge in [0.25, 0.3) is 5.91 Å². The second kappa shape index (κ2) is 10.4. The fourth-order valence-corrected chi connectivity index (χ4v) is 4.88. The molecule has 1 aliphatic heterocycles. The second-order valence-electron chi connectivity index (χ2n) is 9.17. The summed E-state index contributed by atoms with van der Waals surface area (Å²) in [6, 6.07) is 11.2. The molecule has 0 spiro atoms. The SMILES string of the molecule is COc1ccc(F)cc1C(=O)NCc1cccc(-c2nn([C@@H]3CCCN(C(=O)O)C3)c3cncc(N)c23)c1. The van der Waals surface area contributed by atoms with Crippen LogP contribution in [0.3, 0.4) is 0 Å². The molecule has 5 rings (SSSR count). The maximum atomic E-state index is 13.7. The van der Waals surface area contributed by atoms with Crippen LogP contribution < -0.4 is 15.8 Å². The molecule has 1 saturated heterocycles. The number of hydrogen-bond acceptors (Lipinski definition) is 6. The van der Waals surface area contributed by atoms with Gasteiger partial charge >= 0.3 is 6.09 Å². The molecule has 2 aromatic carbocycles. The molecule has 2 aromatic heterocycles. The Morgan fingerprint density at radius 1 is 1.24 bits per heavy atom. The molecular formula is C27H27FN6O4. The summed E-state index contributed by atoms with van der Waals surface area (Å²) in [6.07, 6.45) is 3.82. The Balaban J connectivity index is 1.44. The molecule has 0 saturated carbocycles. The fourth-order valence-electron chi connectivity index (χ4n) is 4.88. The molecule has 2 amide bonds. The number of hydrogen-bond donors (Lipinski definition) is 3. The van der Waals surface area contributed by atoms with Crippen LogP contribution in [0.4, 0.5) is 14.9 Å². The van der Waals surface area contributed by atoms with E-state index < -0.39 is 17.8 Å². The number of likely N-dealkylation sites (tertiary alicyclic amines) is 1. The lowest BCUT2D eigenvalue weighted by Crippen LogP contribution is -2.40. The first-order valence-corrected chi connectivity index (χ1v) is 12.2. The number of amides is 2. The maximum Gasteiger partial charge on any atom is 0.407 e. The topological polar surface area (TPSA) is 136 Å². The number of carboxylic acid groups (broad SMARTS) is 1. The van der Waals surface area contributed by atoms with E-state index in [1.807, 2.05) is 28.9 Å². The van der Waals surface area contributed by atoms with Crippen LogP contribution in [0.2, 0.25) is 0 Å². The van der Waals surface area contributed by atoms with Gasteiger partial charge in [0.2, 0.25) is 0 Å². The van der Waals surface area contributed by atoms with Crippen LogP contribution in [0, 0.1) is 5.82 Å². The molecule has 3 heterocycles. The summed E-state index contributed by atoms with van der Waals surface area (Å²) in [5.41, 5.74) is 9.87. The molecule has 4 aromatic rings. The molecule has 11 heteroatoms. The lowest BCUT2D eigenvalue weighted by Gasteiger charge is -2.31. The Labute approximate surface area is 217 Å². The van der Waals surface area contributed by atoms with Crippen molar-refractivity contribution in [1.29, 1.82) is 0 Å². The smallest absolute Gasteiger partial charge is 0.407 e. The highest BCUT2D eigenvalue weighted by Gasteiger charge is 2.28. The van der Waals surface area contributed by atoms with Gasteiger partial charge in [-0.3, -0.25) is 14.5 Å². The van der Waals surface area contributed by atoms with E-state index in [0.717, 1.165) is 40.9 Å². The van der Waals surface area contributed by atoms with E-state index in [4.69, 9.17) is 15.6 Å². The Hall–Kier alpha value is -4.67. The van der Waals surface area contributed by atoms with E-state index in [2.05, 4.69) is 10.3 Å². The van der Waals surface area contributed by atoms with E-state index >= 15 is 0 Å². The van der Waals surface area contributed by atoms with Crippen LogP contribution in [-0.4, -0.2) is 57.0 Å². The number of nitrogen functional groups attached to an aromatic ring is 1. The Kier molecular flexibility index (Phi) is 6.82. The number of benzene rings is 2. The molecule has 1 fully saturated rings. The Morgan fingerprint density at radius 3 is 2.87 bits per heavy atom. The molecule has 10 nitrogen and oxygen atoms in total. The number of methoxy groups -OCH3 is 1. The quantitative estimate of drug-likeness (QED) is 0.350. The largest absolute Gasteiger partial charge is 0.496 e. The zero-order chi connectivity index (χ0) is 26.8. The summed E-state index contributed by atoms with van der Waals surface area (Å²) in [4.78, 5) is 30.0. The minimum Gasteiger partial charge on any atom is -0.496 e. The molecule has 4 N–H and O–H groups in total. The lowest BCUT2D eigenvalue weighted by atomic mass is 10.0. The highest BCUT2D eigenvalue weighted by Crippen LogP contribution is 2.35. The van der Waals surface area contributed by atoms with E-state index in [9.17, 15) is 19.1 Å². The van der Waals surface area contributed by atoms with Gasteiger partial charge in [0.1, 0.15) is 17.3 Å². The standard InChI is InChI=1S/C27H27FN6O4/c1-38-23-8-7-18(28)11-20(23)26(35)31-12-16-4-2-5-17(10-16)25-24-21(29)13-30-14-22(24)34(32-25)19-6-3-9-33(15-19)27(36)37/h2,4-5,7-8,10-11,13-14,19H,3,6,9,12,15,29H2,1H3,(H,31,35)(H,36,37)/t19-/m1/s1.